The van der Waals surface area contributed by atoms with Gasteiger partial charge in [0.1, 0.15) is 5.54 Å². The van der Waals surface area contributed by atoms with Crippen LogP contribution in [0, 0.1) is 0 Å². The van der Waals surface area contributed by atoms with Gasteiger partial charge in [-0.05, 0) is 12.8 Å². The highest BCUT2D eigenvalue weighted by Gasteiger charge is 2.29. The number of aliphatic hydroxyl groups is 3. The van der Waals surface area contributed by atoms with Crippen molar-refractivity contribution >= 4 is 5.91 Å². The zero-order chi connectivity index (χ0) is 11.7. The molecule has 1 amide bonds. The predicted molar refractivity (Wildman–Crippen MR) is 53.9 cm³/mol. The van der Waals surface area contributed by atoms with Crippen LogP contribution in [0.1, 0.15) is 19.3 Å². The molecule has 0 rings (SSSR count). The van der Waals surface area contributed by atoms with Crippen LogP contribution in [0.3, 0.4) is 0 Å². The van der Waals surface area contributed by atoms with E-state index in [2.05, 4.69) is 5.32 Å². The number of nitrogens with one attached hydrogen (secondary N) is 2. The van der Waals surface area contributed by atoms with Gasteiger partial charge in [-0.25, -0.2) is 0 Å². The average Bonchev–Trinajstić information content (AvgIpc) is 2.26. The molecular weight excluding hydrogens is 200 g/mol. The van der Waals surface area contributed by atoms with Gasteiger partial charge >= 0.3 is 0 Å². The van der Waals surface area contributed by atoms with Gasteiger partial charge in [-0.3, -0.25) is 10.5 Å². The van der Waals surface area contributed by atoms with Gasteiger partial charge in [-0.2, -0.15) is 0 Å². The second-order valence-corrected chi connectivity index (χ2v) is 3.51. The lowest BCUT2D eigenvalue weighted by molar-refractivity contribution is -0.125. The Hall–Kier alpha value is -0.690. The van der Waals surface area contributed by atoms with Crippen LogP contribution in [0.25, 0.3) is 0 Å². The molecule has 0 aliphatic carbocycles. The SMILES string of the molecule is [NH]CCCCC(=O)NC(CO)(CO)CO. The molecule has 0 heterocycles. The quantitative estimate of drug-likeness (QED) is 0.363. The number of amides is 1. The standard InChI is InChI=1S/C9H19N2O4/c10-4-2-1-3-8(15)11-9(5-12,6-13)7-14/h10,12-14H,1-7H2,(H,11,15). The highest BCUT2D eigenvalue weighted by molar-refractivity contribution is 5.76. The molecule has 0 fully saturated rings. The average molecular weight is 219 g/mol. The van der Waals surface area contributed by atoms with E-state index in [1.54, 1.807) is 0 Å². The molecule has 89 valence electrons. The van der Waals surface area contributed by atoms with E-state index in [-0.39, 0.29) is 18.9 Å². The van der Waals surface area contributed by atoms with Crippen LogP contribution in [0.15, 0.2) is 0 Å². The van der Waals surface area contributed by atoms with Crippen molar-refractivity contribution in [3.63, 3.8) is 0 Å². The molecule has 6 nitrogen and oxygen atoms in total. The summed E-state index contributed by atoms with van der Waals surface area (Å²) in [6, 6.07) is 0. The van der Waals surface area contributed by atoms with Crippen LogP contribution in [-0.2, 0) is 4.79 Å². The maximum absolute atomic E-state index is 11.3. The van der Waals surface area contributed by atoms with Crippen molar-refractivity contribution in [1.82, 2.24) is 11.1 Å². The Morgan fingerprint density at radius 3 is 2.07 bits per heavy atom. The van der Waals surface area contributed by atoms with Gasteiger partial charge in [0.05, 0.1) is 19.8 Å². The zero-order valence-corrected chi connectivity index (χ0v) is 8.70. The number of unbranched alkanes of at least 4 members (excludes halogenated alkanes) is 1. The van der Waals surface area contributed by atoms with Crippen LogP contribution < -0.4 is 11.1 Å². The van der Waals surface area contributed by atoms with Crippen molar-refractivity contribution in [2.45, 2.75) is 24.8 Å². The maximum atomic E-state index is 11.3. The molecule has 0 aliphatic rings. The van der Waals surface area contributed by atoms with Gasteiger partial charge < -0.3 is 20.6 Å². The first-order chi connectivity index (χ1) is 7.14. The number of carbonyl (C=O) groups excluding carboxylic acids is 1. The Labute approximate surface area is 89.1 Å². The van der Waals surface area contributed by atoms with Crippen molar-refractivity contribution in [2.24, 2.45) is 0 Å². The van der Waals surface area contributed by atoms with E-state index in [4.69, 9.17) is 21.1 Å². The first-order valence-electron chi connectivity index (χ1n) is 4.92. The smallest absolute Gasteiger partial charge is 0.220 e. The molecule has 0 aromatic carbocycles. The summed E-state index contributed by atoms with van der Waals surface area (Å²) in [5.41, 5.74) is 5.55. The second kappa shape index (κ2) is 7.58. The molecule has 0 saturated heterocycles. The number of hydrogen-bond donors (Lipinski definition) is 4. The number of rotatable bonds is 8. The van der Waals surface area contributed by atoms with E-state index in [1.165, 1.54) is 0 Å². The van der Waals surface area contributed by atoms with Crippen molar-refractivity contribution < 1.29 is 20.1 Å². The van der Waals surface area contributed by atoms with Gasteiger partial charge in [-0.1, -0.05) is 0 Å². The monoisotopic (exact) mass is 219 g/mol. The lowest BCUT2D eigenvalue weighted by atomic mass is 10.0. The Bertz CT molecular complexity index is 175. The van der Waals surface area contributed by atoms with Gasteiger partial charge in [0.25, 0.3) is 0 Å². The normalized spacial score (nSPS) is 11.5. The first kappa shape index (κ1) is 14.3. The summed E-state index contributed by atoms with van der Waals surface area (Å²) < 4.78 is 0. The summed E-state index contributed by atoms with van der Waals surface area (Å²) in [6.45, 7) is -1.25. The van der Waals surface area contributed by atoms with E-state index in [0.717, 1.165) is 0 Å². The third-order valence-corrected chi connectivity index (χ3v) is 2.14. The summed E-state index contributed by atoms with van der Waals surface area (Å²) in [4.78, 5) is 11.3. The summed E-state index contributed by atoms with van der Waals surface area (Å²) in [7, 11) is 0. The molecule has 0 unspecified atom stereocenters. The molecule has 0 bridgehead atoms. The summed E-state index contributed by atoms with van der Waals surface area (Å²) >= 11 is 0. The summed E-state index contributed by atoms with van der Waals surface area (Å²) in [5.74, 6) is -0.333. The molecule has 5 N–H and O–H groups in total. The Kier molecular flexibility index (Phi) is 7.23. The highest BCUT2D eigenvalue weighted by atomic mass is 16.3. The highest BCUT2D eigenvalue weighted by Crippen LogP contribution is 2.03. The van der Waals surface area contributed by atoms with Gasteiger partial charge in [0, 0.05) is 13.0 Å². The first-order valence-corrected chi connectivity index (χ1v) is 4.92. The number of carbonyl (C=O) groups is 1. The van der Waals surface area contributed by atoms with Gasteiger partial charge in [0.15, 0.2) is 0 Å². The zero-order valence-electron chi connectivity index (χ0n) is 8.70. The van der Waals surface area contributed by atoms with Crippen LogP contribution in [0.4, 0.5) is 0 Å². The van der Waals surface area contributed by atoms with E-state index in [0.29, 0.717) is 12.8 Å². The molecule has 6 heteroatoms. The van der Waals surface area contributed by atoms with Crippen molar-refractivity contribution in [2.75, 3.05) is 26.4 Å². The molecular formula is C9H19N2O4. The molecule has 0 aromatic heterocycles. The van der Waals surface area contributed by atoms with Crippen molar-refractivity contribution in [3.05, 3.63) is 0 Å². The second-order valence-electron chi connectivity index (χ2n) is 3.51. The molecule has 0 aliphatic heterocycles. The fourth-order valence-corrected chi connectivity index (χ4v) is 1.04. The maximum Gasteiger partial charge on any atom is 0.220 e. The fourth-order valence-electron chi connectivity index (χ4n) is 1.04. The van der Waals surface area contributed by atoms with Crippen LogP contribution >= 0.6 is 0 Å². The number of hydrogen-bond acceptors (Lipinski definition) is 4. The third-order valence-electron chi connectivity index (χ3n) is 2.14. The van der Waals surface area contributed by atoms with Gasteiger partial charge in [-0.15, -0.1) is 0 Å². The molecule has 0 aromatic rings. The van der Waals surface area contributed by atoms with Crippen LogP contribution in [0.2, 0.25) is 0 Å². The van der Waals surface area contributed by atoms with E-state index in [1.807, 2.05) is 0 Å². The van der Waals surface area contributed by atoms with Crippen molar-refractivity contribution in [3.8, 4) is 0 Å². The minimum absolute atomic E-state index is 0.237. The lowest BCUT2D eigenvalue weighted by Gasteiger charge is -2.28. The topological polar surface area (TPSA) is 114 Å². The molecule has 0 saturated carbocycles. The van der Waals surface area contributed by atoms with Crippen LogP contribution in [0.5, 0.6) is 0 Å². The van der Waals surface area contributed by atoms with E-state index >= 15 is 0 Å². The molecule has 1 radical (unpaired) electrons. The van der Waals surface area contributed by atoms with E-state index in [9.17, 15) is 4.79 Å². The van der Waals surface area contributed by atoms with Crippen LogP contribution in [-0.4, -0.2) is 53.1 Å². The largest absolute Gasteiger partial charge is 0.394 e. The minimum atomic E-state index is -1.34. The Balaban J connectivity index is 4.00. The third kappa shape index (κ3) is 5.08. The Morgan fingerprint density at radius 1 is 1.13 bits per heavy atom. The van der Waals surface area contributed by atoms with Gasteiger partial charge in [0.2, 0.25) is 5.91 Å². The fraction of sp³-hybridized carbons (Fsp3) is 0.889. The van der Waals surface area contributed by atoms with Crippen molar-refractivity contribution in [1.29, 1.82) is 0 Å². The van der Waals surface area contributed by atoms with E-state index < -0.39 is 25.4 Å². The lowest BCUT2D eigenvalue weighted by Crippen LogP contribution is -2.57. The number of aliphatic hydroxyl groups excluding tert-OH is 3. The molecule has 15 heavy (non-hydrogen) atoms. The summed E-state index contributed by atoms with van der Waals surface area (Å²) in [5, 5.41) is 29.2. The Morgan fingerprint density at radius 2 is 1.67 bits per heavy atom. The minimum Gasteiger partial charge on any atom is -0.394 e. The molecule has 0 atom stereocenters. The predicted octanol–water partition coefficient (Wildman–Crippen LogP) is -1.73. The molecule has 0 spiro atoms. The summed E-state index contributed by atoms with van der Waals surface area (Å²) in [6.07, 6.45) is 1.46.